The Kier molecular flexibility index (Phi) is 10.0. The average Bonchev–Trinajstić information content (AvgIpc) is 2.70. The molecule has 1 atom stereocenters. The van der Waals surface area contributed by atoms with E-state index in [0.717, 1.165) is 13.3 Å². The predicted octanol–water partition coefficient (Wildman–Crippen LogP) is 3.99. The van der Waals surface area contributed by atoms with Crippen LogP contribution in [0.4, 0.5) is 13.2 Å². The van der Waals surface area contributed by atoms with Crippen LogP contribution < -0.4 is 4.74 Å². The molecule has 0 unspecified atom stereocenters. The lowest BCUT2D eigenvalue weighted by atomic mass is 10.0. The van der Waals surface area contributed by atoms with Crippen LogP contribution in [0.25, 0.3) is 5.76 Å². The van der Waals surface area contributed by atoms with E-state index in [-0.39, 0.29) is 25.6 Å². The molecule has 0 spiro atoms. The minimum absolute atomic E-state index is 0.0306. The Morgan fingerprint density at radius 2 is 1.74 bits per heavy atom. The molecule has 0 heterocycles. The third-order valence-corrected chi connectivity index (χ3v) is 3.96. The number of carbonyl (C=O) groups is 2. The SMILES string of the molecule is CCOC(=O)/C(C=N[C@@H](CC(C)C)C(=O)OCC)=C(\O)c1cc(F)c(F)c(OC)c1F. The van der Waals surface area contributed by atoms with E-state index in [1.165, 1.54) is 6.92 Å². The van der Waals surface area contributed by atoms with E-state index in [4.69, 9.17) is 9.47 Å². The number of halogens is 3. The smallest absolute Gasteiger partial charge is 0.343 e. The van der Waals surface area contributed by atoms with Gasteiger partial charge in [0.05, 0.1) is 25.9 Å². The first-order valence-corrected chi connectivity index (χ1v) is 9.60. The van der Waals surface area contributed by atoms with Crippen molar-refractivity contribution in [2.45, 2.75) is 40.2 Å². The van der Waals surface area contributed by atoms with Crippen molar-refractivity contribution in [1.82, 2.24) is 0 Å². The van der Waals surface area contributed by atoms with Crippen molar-refractivity contribution in [3.05, 3.63) is 34.7 Å². The molecule has 0 radical (unpaired) electrons. The summed E-state index contributed by atoms with van der Waals surface area (Å²) < 4.78 is 56.4. The third kappa shape index (κ3) is 6.73. The molecule has 31 heavy (non-hydrogen) atoms. The van der Waals surface area contributed by atoms with E-state index in [2.05, 4.69) is 9.73 Å². The van der Waals surface area contributed by atoms with Crippen LogP contribution >= 0.6 is 0 Å². The Morgan fingerprint density at radius 1 is 1.13 bits per heavy atom. The number of benzene rings is 1. The van der Waals surface area contributed by atoms with Gasteiger partial charge in [-0.2, -0.15) is 4.39 Å². The van der Waals surface area contributed by atoms with Crippen LogP contribution in [0.1, 0.15) is 39.7 Å². The van der Waals surface area contributed by atoms with E-state index >= 15 is 0 Å². The summed E-state index contributed by atoms with van der Waals surface area (Å²) in [5.41, 5.74) is -1.51. The normalized spacial score (nSPS) is 13.2. The van der Waals surface area contributed by atoms with Crippen LogP contribution in [-0.2, 0) is 19.1 Å². The zero-order valence-corrected chi connectivity index (χ0v) is 18.0. The Morgan fingerprint density at radius 3 is 2.26 bits per heavy atom. The maximum absolute atomic E-state index is 14.6. The van der Waals surface area contributed by atoms with Crippen LogP contribution in [0.5, 0.6) is 5.75 Å². The van der Waals surface area contributed by atoms with Gasteiger partial charge in [0.15, 0.2) is 17.4 Å². The molecule has 1 N–H and O–H groups in total. The summed E-state index contributed by atoms with van der Waals surface area (Å²) in [4.78, 5) is 28.5. The molecule has 7 nitrogen and oxygen atoms in total. The number of hydrogen-bond donors (Lipinski definition) is 1. The first kappa shape index (κ1) is 26.0. The number of aliphatic imine (C=N–C) groups is 1. The van der Waals surface area contributed by atoms with Gasteiger partial charge in [0, 0.05) is 6.21 Å². The Balaban J connectivity index is 3.59. The molecule has 0 amide bonds. The van der Waals surface area contributed by atoms with Gasteiger partial charge in [-0.3, -0.25) is 4.99 Å². The van der Waals surface area contributed by atoms with Gasteiger partial charge in [-0.05, 0) is 32.3 Å². The number of ether oxygens (including phenoxy) is 3. The highest BCUT2D eigenvalue weighted by Crippen LogP contribution is 2.31. The van der Waals surface area contributed by atoms with E-state index in [1.54, 1.807) is 6.92 Å². The predicted molar refractivity (Wildman–Crippen MR) is 107 cm³/mol. The van der Waals surface area contributed by atoms with Crippen molar-refractivity contribution < 1.29 is 42.1 Å². The zero-order valence-electron chi connectivity index (χ0n) is 18.0. The number of carbonyl (C=O) groups excluding carboxylic acids is 2. The molecule has 172 valence electrons. The van der Waals surface area contributed by atoms with E-state index in [1.807, 2.05) is 13.8 Å². The fraction of sp³-hybridized carbons (Fsp3) is 0.476. The van der Waals surface area contributed by atoms with E-state index < -0.39 is 58.1 Å². The average molecular weight is 445 g/mol. The lowest BCUT2D eigenvalue weighted by molar-refractivity contribution is -0.145. The van der Waals surface area contributed by atoms with Crippen LogP contribution in [0, 0.1) is 23.4 Å². The molecule has 0 bridgehead atoms. The molecule has 0 aromatic heterocycles. The number of nitrogens with zero attached hydrogens (tertiary/aromatic N) is 1. The first-order valence-electron chi connectivity index (χ1n) is 9.60. The van der Waals surface area contributed by atoms with Crippen molar-refractivity contribution in [1.29, 1.82) is 0 Å². The first-order chi connectivity index (χ1) is 14.6. The maximum Gasteiger partial charge on any atom is 0.343 e. The number of rotatable bonds is 10. The Hall–Kier alpha value is -3.04. The molecular formula is C21H26F3NO6. The van der Waals surface area contributed by atoms with Crippen molar-refractivity contribution in [3.8, 4) is 5.75 Å². The van der Waals surface area contributed by atoms with Gasteiger partial charge >= 0.3 is 11.9 Å². The van der Waals surface area contributed by atoms with Gasteiger partial charge in [-0.25, -0.2) is 18.4 Å². The Labute approximate surface area is 178 Å². The molecule has 1 aromatic carbocycles. The van der Waals surface area contributed by atoms with Crippen LogP contribution in [0.15, 0.2) is 16.6 Å². The van der Waals surface area contributed by atoms with Gasteiger partial charge in [0.2, 0.25) is 5.82 Å². The summed E-state index contributed by atoms with van der Waals surface area (Å²) in [5.74, 6) is -8.42. The minimum Gasteiger partial charge on any atom is -0.506 e. The van der Waals surface area contributed by atoms with Crippen molar-refractivity contribution in [2.75, 3.05) is 20.3 Å². The molecule has 0 aliphatic rings. The zero-order chi connectivity index (χ0) is 23.7. The van der Waals surface area contributed by atoms with Gasteiger partial charge in [-0.15, -0.1) is 0 Å². The number of aliphatic hydroxyl groups excluding tert-OH is 1. The van der Waals surface area contributed by atoms with Gasteiger partial charge in [0.25, 0.3) is 0 Å². The lowest BCUT2D eigenvalue weighted by Crippen LogP contribution is -2.24. The van der Waals surface area contributed by atoms with Crippen LogP contribution in [0.3, 0.4) is 0 Å². The van der Waals surface area contributed by atoms with Crippen molar-refractivity contribution in [3.63, 3.8) is 0 Å². The second-order valence-corrected chi connectivity index (χ2v) is 6.73. The molecule has 0 fully saturated rings. The van der Waals surface area contributed by atoms with Gasteiger partial charge in [-0.1, -0.05) is 13.8 Å². The fourth-order valence-corrected chi connectivity index (χ4v) is 2.56. The summed E-state index contributed by atoms with van der Waals surface area (Å²) >= 11 is 0. The molecule has 0 saturated carbocycles. The largest absolute Gasteiger partial charge is 0.506 e. The quantitative estimate of drug-likeness (QED) is 0.192. The maximum atomic E-state index is 14.6. The molecular weight excluding hydrogens is 419 g/mol. The molecule has 1 rings (SSSR count). The lowest BCUT2D eigenvalue weighted by Gasteiger charge is -2.14. The highest BCUT2D eigenvalue weighted by atomic mass is 19.2. The molecule has 0 aliphatic carbocycles. The number of methoxy groups -OCH3 is 1. The topological polar surface area (TPSA) is 94.4 Å². The molecule has 1 aromatic rings. The van der Waals surface area contributed by atoms with Gasteiger partial charge in [0.1, 0.15) is 17.4 Å². The highest BCUT2D eigenvalue weighted by Gasteiger charge is 2.26. The van der Waals surface area contributed by atoms with Crippen LogP contribution in [0.2, 0.25) is 0 Å². The minimum atomic E-state index is -1.60. The molecule has 0 aliphatic heterocycles. The summed E-state index contributed by atoms with van der Waals surface area (Å²) in [6.45, 7) is 6.79. The van der Waals surface area contributed by atoms with Crippen molar-refractivity contribution >= 4 is 23.9 Å². The van der Waals surface area contributed by atoms with E-state index in [0.29, 0.717) is 6.07 Å². The number of esters is 2. The summed E-state index contributed by atoms with van der Waals surface area (Å²) in [6, 6.07) is -0.645. The number of aliphatic hydroxyl groups is 1. The molecule has 10 heteroatoms. The highest BCUT2D eigenvalue weighted by molar-refractivity contribution is 6.15. The molecule has 0 saturated heterocycles. The van der Waals surface area contributed by atoms with E-state index in [9.17, 15) is 27.9 Å². The summed E-state index contributed by atoms with van der Waals surface area (Å²) in [6.07, 6.45) is 1.09. The standard InChI is InChI=1S/C21H26F3NO6/c1-6-30-20(27)13(10-25-15(8-11(3)4)21(28)31-7-2)18(26)12-9-14(22)17(24)19(29-5)16(12)23/h9-11,15,26H,6-8H2,1-5H3/b18-13-,25-10?/t15-/m0/s1. The summed E-state index contributed by atoms with van der Waals surface area (Å²) in [5, 5.41) is 10.5. The third-order valence-electron chi connectivity index (χ3n) is 3.96. The summed E-state index contributed by atoms with van der Waals surface area (Å²) in [7, 11) is 0.912. The van der Waals surface area contributed by atoms with Crippen LogP contribution in [-0.4, -0.2) is 49.6 Å². The van der Waals surface area contributed by atoms with Gasteiger partial charge < -0.3 is 19.3 Å². The number of hydrogen-bond acceptors (Lipinski definition) is 7. The second kappa shape index (κ2) is 12.0. The van der Waals surface area contributed by atoms with Crippen molar-refractivity contribution in [2.24, 2.45) is 10.9 Å². The second-order valence-electron chi connectivity index (χ2n) is 6.73. The monoisotopic (exact) mass is 445 g/mol. The fourth-order valence-electron chi connectivity index (χ4n) is 2.56. The Bertz CT molecular complexity index is 867.